The number of hydrogen-bond donors (Lipinski definition) is 2. The summed E-state index contributed by atoms with van der Waals surface area (Å²) in [6, 6.07) is 11.2. The first kappa shape index (κ1) is 55.2. The fourth-order valence-electron chi connectivity index (χ4n) is 11.2. The predicted molar refractivity (Wildman–Crippen MR) is 281 cm³/mol. The quantitative estimate of drug-likeness (QED) is 0.115. The highest BCUT2D eigenvalue weighted by Gasteiger charge is 2.36. The van der Waals surface area contributed by atoms with Crippen LogP contribution in [0, 0.1) is 18.8 Å². The van der Waals surface area contributed by atoms with Gasteiger partial charge in [-0.15, -0.1) is 0 Å². The minimum Gasteiger partial charge on any atom is -0.496 e. The number of rotatable bonds is 14. The zero-order valence-electron chi connectivity index (χ0n) is 44.1. The first-order valence-electron chi connectivity index (χ1n) is 26.3. The molecule has 4 heterocycles. The van der Waals surface area contributed by atoms with Gasteiger partial charge in [0.2, 0.25) is 11.8 Å². The van der Waals surface area contributed by atoms with Gasteiger partial charge in [0.25, 0.3) is 5.91 Å². The molecule has 1 aromatic heterocycles. The van der Waals surface area contributed by atoms with Crippen LogP contribution in [0.2, 0.25) is 5.02 Å². The van der Waals surface area contributed by atoms with Crippen LogP contribution >= 0.6 is 11.6 Å². The number of urea groups is 1. The topological polar surface area (TPSA) is 167 Å². The molecular formula is C56H70ClF3N8O7. The van der Waals surface area contributed by atoms with E-state index >= 15 is 0 Å². The molecule has 3 aliphatic heterocycles. The molecule has 1 saturated carbocycles. The number of amides is 5. The van der Waals surface area contributed by atoms with Crippen LogP contribution in [0.3, 0.4) is 0 Å². The number of hydrogen-bond acceptors (Lipinski definition) is 11. The second-order valence-corrected chi connectivity index (χ2v) is 22.2. The van der Waals surface area contributed by atoms with E-state index in [2.05, 4.69) is 32.5 Å². The van der Waals surface area contributed by atoms with Crippen LogP contribution in [0.25, 0.3) is 10.9 Å². The van der Waals surface area contributed by atoms with Crippen molar-refractivity contribution in [2.45, 2.75) is 135 Å². The van der Waals surface area contributed by atoms with Crippen molar-refractivity contribution in [2.75, 3.05) is 63.6 Å². The van der Waals surface area contributed by atoms with Gasteiger partial charge in [-0.1, -0.05) is 11.6 Å². The van der Waals surface area contributed by atoms with E-state index in [0.29, 0.717) is 69.6 Å². The van der Waals surface area contributed by atoms with Gasteiger partial charge in [-0.25, -0.2) is 19.6 Å². The summed E-state index contributed by atoms with van der Waals surface area (Å²) >= 11 is 6.42. The molecule has 0 bridgehead atoms. The number of anilines is 2. The smallest absolute Gasteiger partial charge is 0.416 e. The van der Waals surface area contributed by atoms with Crippen LogP contribution in [0.4, 0.5) is 29.5 Å². The Bertz CT molecular complexity index is 2780. The van der Waals surface area contributed by atoms with Gasteiger partial charge >= 0.3 is 18.2 Å². The summed E-state index contributed by atoms with van der Waals surface area (Å²) in [5.74, 6) is 1.14. The number of nitrogens with zero attached hydrogens (tertiary/aromatic N) is 6. The van der Waals surface area contributed by atoms with Crippen LogP contribution in [0.5, 0.6) is 5.75 Å². The molecule has 4 aliphatic rings. The Kier molecular flexibility index (Phi) is 17.0. The third kappa shape index (κ3) is 13.3. The lowest BCUT2D eigenvalue weighted by Crippen LogP contribution is -2.49. The highest BCUT2D eigenvalue weighted by atomic mass is 35.5. The van der Waals surface area contributed by atoms with Gasteiger partial charge in [-0.05, 0) is 178 Å². The first-order valence-corrected chi connectivity index (χ1v) is 26.7. The highest BCUT2D eigenvalue weighted by molar-refractivity contribution is 6.34. The molecule has 404 valence electrons. The van der Waals surface area contributed by atoms with Crippen molar-refractivity contribution in [3.63, 3.8) is 0 Å². The minimum absolute atomic E-state index is 0.0544. The number of benzene rings is 3. The molecule has 8 rings (SSSR count). The van der Waals surface area contributed by atoms with E-state index in [-0.39, 0.29) is 53.6 Å². The first-order chi connectivity index (χ1) is 35.5. The highest BCUT2D eigenvalue weighted by Crippen LogP contribution is 2.43. The van der Waals surface area contributed by atoms with Crippen molar-refractivity contribution >= 4 is 63.7 Å². The molecule has 19 heteroatoms. The number of carbonyl (C=O) groups is 5. The lowest BCUT2D eigenvalue weighted by molar-refractivity contribution is -0.138. The molecule has 3 aromatic carbocycles. The second kappa shape index (κ2) is 23.1. The van der Waals surface area contributed by atoms with Crippen molar-refractivity contribution in [3.05, 3.63) is 87.2 Å². The summed E-state index contributed by atoms with van der Waals surface area (Å²) in [4.78, 5) is 81.7. The molecule has 3 saturated heterocycles. The van der Waals surface area contributed by atoms with Gasteiger partial charge in [0.1, 0.15) is 23.0 Å². The maximum absolute atomic E-state index is 14.1. The number of likely N-dealkylation sites (tertiary alicyclic amines) is 2. The molecule has 1 aliphatic carbocycles. The second-order valence-electron chi connectivity index (χ2n) is 21.8. The number of piperidine rings is 2. The number of nitrogens with one attached hydrogen (secondary N) is 2. The Morgan fingerprint density at radius 3 is 2.23 bits per heavy atom. The maximum atomic E-state index is 14.1. The standard InChI is InChI=1S/C56H70ClF3N8O7/c1-33(39-27-40(53(72)75-55(3,4)5)29-41(28-39)56(58,59)60)61-50-44-31-43(48(74-7)32-46(44)62-34(2)63-50)36-10-12-37(13-11-36)51(70)66-22-16-35(17-23-66)9-8-21-65(6)42-18-24-67(25-19-42)52(71)38-14-15-45(57)47(30-38)68-26-20-49(69)64-54(68)73/h14-15,27-33,35-37,42H,8-13,16-26H2,1-7H3,(H,61,62,63)(H,64,69,73)/t33-,36?,37?/m1/s1. The minimum atomic E-state index is -4.69. The lowest BCUT2D eigenvalue weighted by Gasteiger charge is -2.38. The van der Waals surface area contributed by atoms with E-state index in [1.165, 1.54) is 11.0 Å². The Hall–Kier alpha value is -6.01. The van der Waals surface area contributed by atoms with Gasteiger partial charge < -0.3 is 29.5 Å². The van der Waals surface area contributed by atoms with Crippen molar-refractivity contribution < 1.29 is 46.6 Å². The summed E-state index contributed by atoms with van der Waals surface area (Å²) < 4.78 is 53.7. The Balaban J connectivity index is 0.802. The molecule has 15 nitrogen and oxygen atoms in total. The molecule has 75 heavy (non-hydrogen) atoms. The van der Waals surface area contributed by atoms with Crippen LogP contribution in [0.15, 0.2) is 48.5 Å². The molecule has 5 amide bonds. The van der Waals surface area contributed by atoms with E-state index in [4.69, 9.17) is 26.1 Å². The number of methoxy groups -OCH3 is 1. The van der Waals surface area contributed by atoms with E-state index < -0.39 is 35.4 Å². The summed E-state index contributed by atoms with van der Waals surface area (Å²) in [6.07, 6.45) is 4.40. The Morgan fingerprint density at radius 2 is 1.57 bits per heavy atom. The van der Waals surface area contributed by atoms with Gasteiger partial charge in [0.15, 0.2) is 0 Å². The number of aromatic nitrogens is 2. The van der Waals surface area contributed by atoms with Gasteiger partial charge in [0.05, 0.1) is 40.5 Å². The third-order valence-electron chi connectivity index (χ3n) is 15.4. The molecular weight excluding hydrogens is 989 g/mol. The normalized spacial score (nSPS) is 19.8. The number of imide groups is 1. The van der Waals surface area contributed by atoms with Crippen LogP contribution in [0.1, 0.15) is 154 Å². The average molecular weight is 1060 g/mol. The van der Waals surface area contributed by atoms with Gasteiger partial charge in [0, 0.05) is 68.1 Å². The lowest BCUT2D eigenvalue weighted by atomic mass is 9.77. The number of ether oxygens (including phenoxy) is 2. The Labute approximate surface area is 442 Å². The fraction of sp³-hybridized carbons (Fsp3) is 0.554. The summed E-state index contributed by atoms with van der Waals surface area (Å²) in [6.45, 7) is 12.4. The van der Waals surface area contributed by atoms with E-state index in [9.17, 15) is 37.1 Å². The summed E-state index contributed by atoms with van der Waals surface area (Å²) in [5, 5.41) is 6.65. The largest absolute Gasteiger partial charge is 0.496 e. The molecule has 1 atom stereocenters. The third-order valence-corrected chi connectivity index (χ3v) is 15.7. The molecule has 0 spiro atoms. The molecule has 4 aromatic rings. The number of carbonyl (C=O) groups excluding carboxylic acids is 5. The van der Waals surface area contributed by atoms with E-state index in [0.717, 1.165) is 102 Å². The van der Waals surface area contributed by atoms with Crippen molar-refractivity contribution in [2.24, 2.45) is 11.8 Å². The fourth-order valence-corrected chi connectivity index (χ4v) is 11.4. The SMILES string of the molecule is COc1cc2nc(C)nc(N[C@H](C)c3cc(C(=O)OC(C)(C)C)cc(C(F)(F)F)c3)c2cc1C1CCC(C(=O)N2CCC(CCCN(C)C3CCN(C(=O)c4ccc(Cl)c(N5CCC(=O)NC5=O)c4)CC3)CC2)CC1. The zero-order chi connectivity index (χ0) is 53.9. The summed E-state index contributed by atoms with van der Waals surface area (Å²) in [7, 11) is 3.79. The monoisotopic (exact) mass is 1060 g/mol. The predicted octanol–water partition coefficient (Wildman–Crippen LogP) is 10.7. The number of fused-ring (bicyclic) bond motifs is 1. The number of alkyl halides is 3. The van der Waals surface area contributed by atoms with Crippen molar-refractivity contribution in [1.82, 2.24) is 30.0 Å². The number of halogens is 4. The molecule has 0 unspecified atom stereocenters. The van der Waals surface area contributed by atoms with E-state index in [1.54, 1.807) is 59.9 Å². The van der Waals surface area contributed by atoms with Crippen LogP contribution in [-0.2, 0) is 20.5 Å². The van der Waals surface area contributed by atoms with Crippen LogP contribution < -0.4 is 20.3 Å². The van der Waals surface area contributed by atoms with E-state index in [1.807, 2.05) is 17.0 Å². The molecule has 4 fully saturated rings. The van der Waals surface area contributed by atoms with Gasteiger partial charge in [-0.3, -0.25) is 24.6 Å². The number of esters is 1. The number of aryl methyl sites for hydroxylation is 1. The van der Waals surface area contributed by atoms with Gasteiger partial charge in [-0.2, -0.15) is 13.2 Å². The summed E-state index contributed by atoms with van der Waals surface area (Å²) in [5.41, 5.74) is 0.638. The maximum Gasteiger partial charge on any atom is 0.416 e. The van der Waals surface area contributed by atoms with Crippen molar-refractivity contribution in [3.8, 4) is 5.75 Å². The van der Waals surface area contributed by atoms with Crippen LogP contribution in [-0.4, -0.2) is 119 Å². The Morgan fingerprint density at radius 1 is 0.880 bits per heavy atom. The average Bonchev–Trinajstić information content (AvgIpc) is 3.37. The zero-order valence-corrected chi connectivity index (χ0v) is 44.8. The molecule has 2 N–H and O–H groups in total. The van der Waals surface area contributed by atoms with Crippen molar-refractivity contribution in [1.29, 1.82) is 0 Å². The molecule has 0 radical (unpaired) electrons.